The lowest BCUT2D eigenvalue weighted by Crippen LogP contribution is -2.36. The first-order chi connectivity index (χ1) is 9.98. The molecular weight excluding hydrogens is 350 g/mol. The van der Waals surface area contributed by atoms with Crippen LogP contribution in [0.25, 0.3) is 0 Å². The Bertz CT molecular complexity index is 787. The zero-order valence-electron chi connectivity index (χ0n) is 11.7. The van der Waals surface area contributed by atoms with Gasteiger partial charge >= 0.3 is 0 Å². The van der Waals surface area contributed by atoms with Gasteiger partial charge in [0.15, 0.2) is 0 Å². The predicted octanol–water partition coefficient (Wildman–Crippen LogP) is 3.50. The molecule has 0 bridgehead atoms. The molecule has 0 radical (unpaired) electrons. The third-order valence-electron chi connectivity index (χ3n) is 3.86. The number of aryl methyl sites for hydroxylation is 1. The minimum absolute atomic E-state index is 0.385. The van der Waals surface area contributed by atoms with Crippen molar-refractivity contribution in [1.82, 2.24) is 4.31 Å². The summed E-state index contributed by atoms with van der Waals surface area (Å²) >= 11 is 3.36. The van der Waals surface area contributed by atoms with E-state index in [9.17, 15) is 8.42 Å². The molecule has 0 fully saturated rings. The molecule has 0 amide bonds. The van der Waals surface area contributed by atoms with Crippen LogP contribution in [0, 0.1) is 6.92 Å². The minimum Gasteiger partial charge on any atom is -0.207 e. The van der Waals surface area contributed by atoms with Crippen LogP contribution in [-0.4, -0.2) is 19.3 Å². The molecule has 3 nitrogen and oxygen atoms in total. The fourth-order valence-corrected chi connectivity index (χ4v) is 4.85. The van der Waals surface area contributed by atoms with Gasteiger partial charge in [-0.2, -0.15) is 4.31 Å². The maximum Gasteiger partial charge on any atom is 0.243 e. The highest BCUT2D eigenvalue weighted by molar-refractivity contribution is 9.10. The fourth-order valence-electron chi connectivity index (χ4n) is 2.67. The average Bonchev–Trinajstić information content (AvgIpc) is 2.49. The van der Waals surface area contributed by atoms with Gasteiger partial charge in [-0.3, -0.25) is 0 Å². The van der Waals surface area contributed by atoms with E-state index in [2.05, 4.69) is 22.0 Å². The van der Waals surface area contributed by atoms with E-state index in [1.807, 2.05) is 37.3 Å². The Hall–Kier alpha value is -1.17. The molecule has 0 N–H and O–H groups in total. The summed E-state index contributed by atoms with van der Waals surface area (Å²) in [6.07, 6.45) is 0.766. The summed E-state index contributed by atoms with van der Waals surface area (Å²) in [6, 6.07) is 13.4. The van der Waals surface area contributed by atoms with Crippen LogP contribution in [0.2, 0.25) is 0 Å². The summed E-state index contributed by atoms with van der Waals surface area (Å²) in [5.41, 5.74) is 3.12. The molecule has 3 rings (SSSR count). The monoisotopic (exact) mass is 365 g/mol. The van der Waals surface area contributed by atoms with E-state index in [-0.39, 0.29) is 0 Å². The SMILES string of the molecule is Cc1ccc(Br)cc1S(=O)(=O)N1CCc2ccccc2C1. The first kappa shape index (κ1) is 14.8. The molecule has 21 heavy (non-hydrogen) atoms. The van der Waals surface area contributed by atoms with Crippen molar-refractivity contribution in [2.45, 2.75) is 24.8 Å². The number of sulfonamides is 1. The molecule has 0 saturated heterocycles. The van der Waals surface area contributed by atoms with Gasteiger partial charge in [0.1, 0.15) is 0 Å². The number of rotatable bonds is 2. The summed E-state index contributed by atoms with van der Waals surface area (Å²) in [7, 11) is -3.45. The van der Waals surface area contributed by atoms with E-state index < -0.39 is 10.0 Å². The number of fused-ring (bicyclic) bond motifs is 1. The largest absolute Gasteiger partial charge is 0.243 e. The first-order valence-electron chi connectivity index (χ1n) is 6.81. The Morgan fingerprint density at radius 3 is 2.57 bits per heavy atom. The van der Waals surface area contributed by atoms with Gasteiger partial charge in [0.25, 0.3) is 0 Å². The van der Waals surface area contributed by atoms with E-state index in [0.717, 1.165) is 22.0 Å². The summed E-state index contributed by atoms with van der Waals surface area (Å²) in [4.78, 5) is 0.385. The maximum absolute atomic E-state index is 12.9. The highest BCUT2D eigenvalue weighted by Gasteiger charge is 2.29. The van der Waals surface area contributed by atoms with Gasteiger partial charge in [-0.25, -0.2) is 8.42 Å². The maximum atomic E-state index is 12.9. The van der Waals surface area contributed by atoms with Gasteiger partial charge in [0.2, 0.25) is 10.0 Å². The van der Waals surface area contributed by atoms with E-state index in [1.54, 1.807) is 10.4 Å². The zero-order chi connectivity index (χ0) is 15.0. The second-order valence-corrected chi connectivity index (χ2v) is 8.09. The highest BCUT2D eigenvalue weighted by atomic mass is 79.9. The van der Waals surface area contributed by atoms with Gasteiger partial charge in [0, 0.05) is 17.6 Å². The molecule has 1 aliphatic rings. The summed E-state index contributed by atoms with van der Waals surface area (Å²) < 4.78 is 28.1. The smallest absolute Gasteiger partial charge is 0.207 e. The van der Waals surface area contributed by atoms with Crippen molar-refractivity contribution in [1.29, 1.82) is 0 Å². The normalized spacial score (nSPS) is 15.7. The van der Waals surface area contributed by atoms with Crippen LogP contribution in [0.5, 0.6) is 0 Å². The number of benzene rings is 2. The van der Waals surface area contributed by atoms with Crippen molar-refractivity contribution >= 4 is 26.0 Å². The van der Waals surface area contributed by atoms with Crippen molar-refractivity contribution in [3.8, 4) is 0 Å². The van der Waals surface area contributed by atoms with Crippen LogP contribution in [0.1, 0.15) is 16.7 Å². The molecule has 1 heterocycles. The molecule has 0 unspecified atom stereocenters. The summed E-state index contributed by atoms with van der Waals surface area (Å²) in [5, 5.41) is 0. The Morgan fingerprint density at radius 1 is 1.10 bits per heavy atom. The Labute approximate surface area is 133 Å². The van der Waals surface area contributed by atoms with Gasteiger partial charge in [-0.1, -0.05) is 46.3 Å². The van der Waals surface area contributed by atoms with Crippen molar-refractivity contribution in [3.63, 3.8) is 0 Å². The number of hydrogen-bond donors (Lipinski definition) is 0. The standard InChI is InChI=1S/C16H16BrNO2S/c1-12-6-7-15(17)10-16(12)21(19,20)18-9-8-13-4-2-3-5-14(13)11-18/h2-7,10H,8-9,11H2,1H3. The molecule has 2 aromatic rings. The van der Waals surface area contributed by atoms with Gasteiger partial charge < -0.3 is 0 Å². The van der Waals surface area contributed by atoms with Crippen LogP contribution >= 0.6 is 15.9 Å². The number of hydrogen-bond acceptors (Lipinski definition) is 2. The molecular formula is C16H16BrNO2S. The third-order valence-corrected chi connectivity index (χ3v) is 6.34. The first-order valence-corrected chi connectivity index (χ1v) is 9.05. The van der Waals surface area contributed by atoms with E-state index in [4.69, 9.17) is 0 Å². The van der Waals surface area contributed by atoms with Gasteiger partial charge in [-0.15, -0.1) is 0 Å². The van der Waals surface area contributed by atoms with Crippen LogP contribution in [-0.2, 0) is 23.0 Å². The third kappa shape index (κ3) is 2.78. The highest BCUT2D eigenvalue weighted by Crippen LogP contribution is 2.28. The molecule has 0 aromatic heterocycles. The zero-order valence-corrected chi connectivity index (χ0v) is 14.1. The average molecular weight is 366 g/mol. The van der Waals surface area contributed by atoms with Gasteiger partial charge in [-0.05, 0) is 42.2 Å². The second kappa shape index (κ2) is 5.55. The van der Waals surface area contributed by atoms with Crippen molar-refractivity contribution in [3.05, 3.63) is 63.6 Å². The molecule has 110 valence electrons. The minimum atomic E-state index is -3.45. The van der Waals surface area contributed by atoms with Crippen LogP contribution in [0.4, 0.5) is 0 Å². The molecule has 0 atom stereocenters. The molecule has 2 aromatic carbocycles. The van der Waals surface area contributed by atoms with E-state index in [0.29, 0.717) is 18.0 Å². The summed E-state index contributed by atoms with van der Waals surface area (Å²) in [5.74, 6) is 0. The second-order valence-electron chi connectivity index (χ2n) is 5.27. The van der Waals surface area contributed by atoms with Crippen molar-refractivity contribution in [2.75, 3.05) is 6.54 Å². The quantitative estimate of drug-likeness (QED) is 0.816. The van der Waals surface area contributed by atoms with Crippen molar-refractivity contribution in [2.24, 2.45) is 0 Å². The van der Waals surface area contributed by atoms with E-state index >= 15 is 0 Å². The Morgan fingerprint density at radius 2 is 1.81 bits per heavy atom. The van der Waals surface area contributed by atoms with Gasteiger partial charge in [0.05, 0.1) is 4.90 Å². The summed E-state index contributed by atoms with van der Waals surface area (Å²) in [6.45, 7) is 2.81. The van der Waals surface area contributed by atoms with E-state index in [1.165, 1.54) is 5.56 Å². The number of nitrogens with zero attached hydrogens (tertiary/aromatic N) is 1. The van der Waals surface area contributed by atoms with Crippen LogP contribution in [0.3, 0.4) is 0 Å². The Balaban J connectivity index is 1.99. The molecule has 1 aliphatic heterocycles. The molecule has 0 aliphatic carbocycles. The lowest BCUT2D eigenvalue weighted by atomic mass is 10.0. The van der Waals surface area contributed by atoms with Crippen LogP contribution < -0.4 is 0 Å². The lowest BCUT2D eigenvalue weighted by Gasteiger charge is -2.28. The molecule has 0 spiro atoms. The van der Waals surface area contributed by atoms with Crippen molar-refractivity contribution < 1.29 is 8.42 Å². The molecule has 0 saturated carbocycles. The number of halogens is 1. The fraction of sp³-hybridized carbons (Fsp3) is 0.250. The lowest BCUT2D eigenvalue weighted by molar-refractivity contribution is 0.391. The van der Waals surface area contributed by atoms with Crippen LogP contribution in [0.15, 0.2) is 51.8 Å². The topological polar surface area (TPSA) is 37.4 Å². The molecule has 5 heteroatoms. The predicted molar refractivity (Wildman–Crippen MR) is 86.6 cm³/mol. The Kier molecular flexibility index (Phi) is 3.90.